The number of hydrogen-bond donors (Lipinski definition) is 2. The van der Waals surface area contributed by atoms with E-state index in [-0.39, 0.29) is 6.04 Å². The lowest BCUT2D eigenvalue weighted by atomic mass is 10.3. The van der Waals surface area contributed by atoms with Gasteiger partial charge in [0.2, 0.25) is 0 Å². The van der Waals surface area contributed by atoms with Crippen molar-refractivity contribution in [1.29, 1.82) is 0 Å². The maximum Gasteiger partial charge on any atom is 0.415 e. The summed E-state index contributed by atoms with van der Waals surface area (Å²) in [5.74, 6) is 1.69. The van der Waals surface area contributed by atoms with Crippen LogP contribution in [0.15, 0.2) is 0 Å². The molecule has 0 spiro atoms. The molecule has 6 heteroatoms. The normalized spacial score (nSPS) is 16.7. The molecule has 0 aromatic carbocycles. The maximum absolute atomic E-state index is 11.9. The Labute approximate surface area is 86.3 Å². The Morgan fingerprint density at radius 2 is 2.00 bits per heavy atom. The third-order valence-electron chi connectivity index (χ3n) is 1.61. The van der Waals surface area contributed by atoms with Crippen molar-refractivity contribution < 1.29 is 18.3 Å². The first kappa shape index (κ1) is 14.1. The highest BCUT2D eigenvalue weighted by Crippen LogP contribution is 2.19. The zero-order valence-electron chi connectivity index (χ0n) is 8.27. The molecule has 0 aromatic heterocycles. The van der Waals surface area contributed by atoms with E-state index in [1.54, 1.807) is 18.7 Å². The van der Waals surface area contributed by atoms with E-state index in [0.717, 1.165) is 11.5 Å². The van der Waals surface area contributed by atoms with E-state index in [9.17, 15) is 13.2 Å². The molecule has 0 heterocycles. The fourth-order valence-corrected chi connectivity index (χ4v) is 1.49. The van der Waals surface area contributed by atoms with Gasteiger partial charge in [-0.2, -0.15) is 24.9 Å². The molecule has 0 aliphatic carbocycles. The van der Waals surface area contributed by atoms with Crippen molar-refractivity contribution in [2.75, 3.05) is 18.1 Å². The number of aliphatic hydroxyl groups excluding tert-OH is 1. The molecule has 2 atom stereocenters. The second kappa shape index (κ2) is 6.53. The van der Waals surface area contributed by atoms with Crippen LogP contribution in [0.5, 0.6) is 0 Å². The Morgan fingerprint density at radius 1 is 1.43 bits per heavy atom. The predicted octanol–water partition coefficient (Wildman–Crippen LogP) is 1.64. The van der Waals surface area contributed by atoms with Gasteiger partial charge >= 0.3 is 6.18 Å². The van der Waals surface area contributed by atoms with Gasteiger partial charge in [-0.15, -0.1) is 0 Å². The Bertz CT molecular complexity index is 154. The molecule has 0 saturated carbocycles. The van der Waals surface area contributed by atoms with Crippen LogP contribution in [0.3, 0.4) is 0 Å². The highest BCUT2D eigenvalue weighted by atomic mass is 32.2. The highest BCUT2D eigenvalue weighted by Gasteiger charge is 2.37. The van der Waals surface area contributed by atoms with Gasteiger partial charge in [-0.05, 0) is 12.7 Å². The van der Waals surface area contributed by atoms with Crippen LogP contribution in [0, 0.1) is 0 Å². The first-order valence-corrected chi connectivity index (χ1v) is 5.59. The van der Waals surface area contributed by atoms with Gasteiger partial charge in [0.1, 0.15) is 0 Å². The standard InChI is InChI=1S/C8H16F3NOS/c1-3-14-5-6(2)12-4-7(13)8(9,10)11/h6-7,12-13H,3-5H2,1-2H3. The van der Waals surface area contributed by atoms with Crippen LogP contribution in [-0.4, -0.2) is 41.5 Å². The Balaban J connectivity index is 3.61. The first-order chi connectivity index (χ1) is 6.38. The SMILES string of the molecule is CCSCC(C)NCC(O)C(F)(F)F. The monoisotopic (exact) mass is 231 g/mol. The van der Waals surface area contributed by atoms with Crippen LogP contribution in [-0.2, 0) is 0 Å². The van der Waals surface area contributed by atoms with E-state index in [2.05, 4.69) is 5.32 Å². The van der Waals surface area contributed by atoms with Gasteiger partial charge in [-0.1, -0.05) is 6.92 Å². The molecule has 2 nitrogen and oxygen atoms in total. The summed E-state index contributed by atoms with van der Waals surface area (Å²) in [6.45, 7) is 3.35. The first-order valence-electron chi connectivity index (χ1n) is 4.43. The molecule has 0 bridgehead atoms. The van der Waals surface area contributed by atoms with Crippen molar-refractivity contribution in [3.63, 3.8) is 0 Å². The van der Waals surface area contributed by atoms with E-state index in [1.165, 1.54) is 0 Å². The molecule has 0 radical (unpaired) electrons. The summed E-state index contributed by atoms with van der Waals surface area (Å²) >= 11 is 1.65. The average Bonchev–Trinajstić information content (AvgIpc) is 2.09. The summed E-state index contributed by atoms with van der Waals surface area (Å²) in [5, 5.41) is 11.3. The van der Waals surface area contributed by atoms with Crippen LogP contribution in [0.25, 0.3) is 0 Å². The summed E-state index contributed by atoms with van der Waals surface area (Å²) in [7, 11) is 0. The molecule has 0 amide bonds. The van der Waals surface area contributed by atoms with Crippen LogP contribution in [0.4, 0.5) is 13.2 Å². The minimum atomic E-state index is -4.52. The zero-order chi connectivity index (χ0) is 11.2. The molecule has 14 heavy (non-hydrogen) atoms. The minimum Gasteiger partial charge on any atom is -0.382 e. The summed E-state index contributed by atoms with van der Waals surface area (Å²) in [6, 6.07) is -0.0167. The van der Waals surface area contributed by atoms with E-state index >= 15 is 0 Å². The fourth-order valence-electron chi connectivity index (χ4n) is 0.782. The Kier molecular flexibility index (Phi) is 6.55. The highest BCUT2D eigenvalue weighted by molar-refractivity contribution is 7.99. The maximum atomic E-state index is 11.9. The predicted molar refractivity (Wildman–Crippen MR) is 52.5 cm³/mol. The third kappa shape index (κ3) is 6.50. The van der Waals surface area contributed by atoms with Crippen molar-refractivity contribution >= 4 is 11.8 Å². The number of nitrogens with one attached hydrogen (secondary N) is 1. The molecule has 2 unspecified atom stereocenters. The minimum absolute atomic E-state index is 0.0167. The van der Waals surface area contributed by atoms with Gasteiger partial charge in [0, 0.05) is 18.3 Å². The summed E-state index contributed by atoms with van der Waals surface area (Å²) in [5.41, 5.74) is 0. The molecule has 0 aliphatic rings. The zero-order valence-corrected chi connectivity index (χ0v) is 9.08. The smallest absolute Gasteiger partial charge is 0.382 e. The summed E-state index contributed by atoms with van der Waals surface area (Å²) in [6.07, 6.45) is -6.79. The molecule has 0 rings (SSSR count). The lowest BCUT2D eigenvalue weighted by Crippen LogP contribution is -2.42. The van der Waals surface area contributed by atoms with Crippen LogP contribution >= 0.6 is 11.8 Å². The second-order valence-electron chi connectivity index (χ2n) is 3.03. The van der Waals surface area contributed by atoms with Crippen molar-refractivity contribution in [2.24, 2.45) is 0 Å². The molecular formula is C8H16F3NOS. The van der Waals surface area contributed by atoms with E-state index in [1.807, 2.05) is 6.92 Å². The number of thioether (sulfide) groups is 1. The topological polar surface area (TPSA) is 32.3 Å². The Hall–Kier alpha value is 0.0600. The Morgan fingerprint density at radius 3 is 2.43 bits per heavy atom. The van der Waals surface area contributed by atoms with Crippen molar-refractivity contribution in [1.82, 2.24) is 5.32 Å². The number of rotatable bonds is 6. The fraction of sp³-hybridized carbons (Fsp3) is 1.00. The van der Waals surface area contributed by atoms with Crippen molar-refractivity contribution in [3.05, 3.63) is 0 Å². The van der Waals surface area contributed by atoms with E-state index < -0.39 is 18.8 Å². The summed E-state index contributed by atoms with van der Waals surface area (Å²) < 4.78 is 35.6. The number of aliphatic hydroxyl groups is 1. The third-order valence-corrected chi connectivity index (χ3v) is 2.75. The van der Waals surface area contributed by atoms with Crippen molar-refractivity contribution in [2.45, 2.75) is 32.2 Å². The van der Waals surface area contributed by atoms with Gasteiger partial charge in [-0.25, -0.2) is 0 Å². The quantitative estimate of drug-likeness (QED) is 0.729. The molecule has 86 valence electrons. The molecule has 0 fully saturated rings. The lowest BCUT2D eigenvalue weighted by Gasteiger charge is -2.18. The number of halogens is 3. The van der Waals surface area contributed by atoms with Gasteiger partial charge < -0.3 is 10.4 Å². The largest absolute Gasteiger partial charge is 0.415 e. The molecular weight excluding hydrogens is 215 g/mol. The van der Waals surface area contributed by atoms with Gasteiger partial charge in [-0.3, -0.25) is 0 Å². The van der Waals surface area contributed by atoms with Crippen LogP contribution in [0.2, 0.25) is 0 Å². The van der Waals surface area contributed by atoms with Gasteiger partial charge in [0.25, 0.3) is 0 Å². The van der Waals surface area contributed by atoms with Crippen molar-refractivity contribution in [3.8, 4) is 0 Å². The number of hydrogen-bond acceptors (Lipinski definition) is 3. The molecule has 0 aromatic rings. The summed E-state index contributed by atoms with van der Waals surface area (Å²) in [4.78, 5) is 0. The lowest BCUT2D eigenvalue weighted by molar-refractivity contribution is -0.202. The van der Waals surface area contributed by atoms with Gasteiger partial charge in [0.05, 0.1) is 0 Å². The van der Waals surface area contributed by atoms with Crippen LogP contribution in [0.1, 0.15) is 13.8 Å². The molecule has 2 N–H and O–H groups in total. The molecule has 0 saturated heterocycles. The second-order valence-corrected chi connectivity index (χ2v) is 4.35. The number of alkyl halides is 3. The average molecular weight is 231 g/mol. The van der Waals surface area contributed by atoms with E-state index in [0.29, 0.717) is 0 Å². The molecule has 0 aliphatic heterocycles. The van der Waals surface area contributed by atoms with Gasteiger partial charge in [0.15, 0.2) is 6.10 Å². The van der Waals surface area contributed by atoms with E-state index in [4.69, 9.17) is 5.11 Å². The van der Waals surface area contributed by atoms with Crippen LogP contribution < -0.4 is 5.32 Å².